The van der Waals surface area contributed by atoms with Crippen LogP contribution in [-0.2, 0) is 6.42 Å². The van der Waals surface area contributed by atoms with Crippen LogP contribution in [0.2, 0.25) is 0 Å². The number of fused-ring (bicyclic) bond motifs is 2. The van der Waals surface area contributed by atoms with E-state index in [0.717, 1.165) is 31.5 Å². The van der Waals surface area contributed by atoms with Crippen LogP contribution in [-0.4, -0.2) is 35.6 Å². The van der Waals surface area contributed by atoms with Crippen LogP contribution in [0.4, 0.5) is 10.5 Å². The molecule has 0 aliphatic carbocycles. The summed E-state index contributed by atoms with van der Waals surface area (Å²) in [6.07, 6.45) is 7.06. The third-order valence-electron chi connectivity index (χ3n) is 5.99. The van der Waals surface area contributed by atoms with Crippen molar-refractivity contribution in [2.24, 2.45) is 0 Å². The largest absolute Gasteiger partial charge is 0.335 e. The molecule has 2 aliphatic heterocycles. The van der Waals surface area contributed by atoms with Crippen LogP contribution < -0.4 is 10.6 Å². The van der Waals surface area contributed by atoms with Crippen molar-refractivity contribution >= 4 is 11.7 Å². The molecule has 2 aromatic rings. The summed E-state index contributed by atoms with van der Waals surface area (Å²) in [5.41, 5.74) is 2.26. The minimum atomic E-state index is -0.0815. The number of nitrogens with zero attached hydrogens (tertiary/aromatic N) is 1. The number of para-hydroxylation sites is 1. The predicted molar refractivity (Wildman–Crippen MR) is 110 cm³/mol. The Morgan fingerprint density at radius 1 is 0.926 bits per heavy atom. The normalized spacial score (nSPS) is 25.0. The second kappa shape index (κ2) is 8.57. The number of carbonyl (C=O) groups is 1. The number of benzene rings is 2. The van der Waals surface area contributed by atoms with Gasteiger partial charge < -0.3 is 10.6 Å². The van der Waals surface area contributed by atoms with Crippen LogP contribution in [0.5, 0.6) is 0 Å². The molecule has 2 N–H and O–H groups in total. The Morgan fingerprint density at radius 2 is 1.56 bits per heavy atom. The highest BCUT2D eigenvalue weighted by atomic mass is 16.2. The number of nitrogens with one attached hydrogen (secondary N) is 2. The Balaban J connectivity index is 1.31. The molecule has 2 unspecified atom stereocenters. The molecule has 2 atom stereocenters. The van der Waals surface area contributed by atoms with E-state index in [4.69, 9.17) is 0 Å². The van der Waals surface area contributed by atoms with Gasteiger partial charge in [-0.05, 0) is 49.8 Å². The van der Waals surface area contributed by atoms with Gasteiger partial charge in [0.15, 0.2) is 0 Å². The number of hydrogen-bond acceptors (Lipinski definition) is 2. The fourth-order valence-electron chi connectivity index (χ4n) is 4.74. The average Bonchev–Trinajstić information content (AvgIpc) is 2.68. The van der Waals surface area contributed by atoms with E-state index in [2.05, 4.69) is 45.9 Å². The first kappa shape index (κ1) is 18.1. The van der Waals surface area contributed by atoms with Crippen molar-refractivity contribution in [3.63, 3.8) is 0 Å². The molecule has 2 aliphatic rings. The Labute approximate surface area is 162 Å². The summed E-state index contributed by atoms with van der Waals surface area (Å²) >= 11 is 0. The van der Waals surface area contributed by atoms with E-state index in [0.29, 0.717) is 12.1 Å². The number of rotatable bonds is 5. The highest BCUT2D eigenvalue weighted by molar-refractivity contribution is 5.89. The van der Waals surface area contributed by atoms with Gasteiger partial charge in [0.1, 0.15) is 0 Å². The first-order valence-electron chi connectivity index (χ1n) is 10.2. The summed E-state index contributed by atoms with van der Waals surface area (Å²) in [5, 5.41) is 6.16. The molecule has 0 radical (unpaired) electrons. The molecule has 4 heteroatoms. The maximum Gasteiger partial charge on any atom is 0.319 e. The zero-order chi connectivity index (χ0) is 18.5. The molecule has 0 aromatic heterocycles. The molecule has 2 fully saturated rings. The predicted octanol–water partition coefficient (Wildman–Crippen LogP) is 4.44. The third-order valence-corrected chi connectivity index (χ3v) is 5.99. The lowest BCUT2D eigenvalue weighted by atomic mass is 9.81. The van der Waals surface area contributed by atoms with Gasteiger partial charge in [-0.2, -0.15) is 0 Å². The smallest absolute Gasteiger partial charge is 0.319 e. The van der Waals surface area contributed by atoms with Gasteiger partial charge in [0.2, 0.25) is 0 Å². The molecule has 4 rings (SSSR count). The molecule has 2 heterocycles. The third kappa shape index (κ3) is 4.69. The summed E-state index contributed by atoms with van der Waals surface area (Å²) in [6.45, 7) is 1.13. The Morgan fingerprint density at radius 3 is 2.22 bits per heavy atom. The van der Waals surface area contributed by atoms with Crippen molar-refractivity contribution in [1.29, 1.82) is 0 Å². The molecule has 0 saturated carbocycles. The number of amides is 2. The van der Waals surface area contributed by atoms with Gasteiger partial charge in [0.05, 0.1) is 0 Å². The van der Waals surface area contributed by atoms with E-state index in [1.54, 1.807) is 0 Å². The van der Waals surface area contributed by atoms with Crippen molar-refractivity contribution in [2.75, 3.05) is 11.9 Å². The van der Waals surface area contributed by atoms with Crippen molar-refractivity contribution in [2.45, 2.75) is 56.7 Å². The number of carbonyl (C=O) groups excluding carboxylic acids is 1. The van der Waals surface area contributed by atoms with Crippen LogP contribution in [0.25, 0.3) is 0 Å². The zero-order valence-corrected chi connectivity index (χ0v) is 15.8. The van der Waals surface area contributed by atoms with Crippen LogP contribution in [0, 0.1) is 0 Å². The van der Waals surface area contributed by atoms with E-state index in [1.165, 1.54) is 24.8 Å². The van der Waals surface area contributed by atoms with Gasteiger partial charge in [-0.3, -0.25) is 4.90 Å². The van der Waals surface area contributed by atoms with Gasteiger partial charge >= 0.3 is 6.03 Å². The van der Waals surface area contributed by atoms with Gasteiger partial charge in [0.25, 0.3) is 0 Å². The molecular formula is C23H29N3O. The number of hydrogen-bond donors (Lipinski definition) is 2. The minimum Gasteiger partial charge on any atom is -0.335 e. The fraction of sp³-hybridized carbons (Fsp3) is 0.435. The van der Waals surface area contributed by atoms with Crippen molar-refractivity contribution in [3.05, 3.63) is 66.2 Å². The quantitative estimate of drug-likeness (QED) is 0.825. The zero-order valence-electron chi connectivity index (χ0n) is 15.8. The molecule has 142 valence electrons. The molecule has 2 bridgehead atoms. The van der Waals surface area contributed by atoms with Crippen molar-refractivity contribution in [3.8, 4) is 0 Å². The molecule has 4 nitrogen and oxygen atoms in total. The van der Waals surface area contributed by atoms with Gasteiger partial charge in [0, 0.05) is 30.4 Å². The molecular weight excluding hydrogens is 334 g/mol. The van der Waals surface area contributed by atoms with Crippen LogP contribution in [0.1, 0.15) is 37.7 Å². The van der Waals surface area contributed by atoms with E-state index < -0.39 is 0 Å². The van der Waals surface area contributed by atoms with E-state index >= 15 is 0 Å². The highest BCUT2D eigenvalue weighted by Gasteiger charge is 2.38. The number of piperidine rings is 2. The van der Waals surface area contributed by atoms with Crippen LogP contribution in [0.15, 0.2) is 60.7 Å². The highest BCUT2D eigenvalue weighted by Crippen LogP contribution is 2.34. The summed E-state index contributed by atoms with van der Waals surface area (Å²) in [6, 6.07) is 21.8. The molecule has 0 spiro atoms. The average molecular weight is 364 g/mol. The fourth-order valence-corrected chi connectivity index (χ4v) is 4.74. The molecule has 2 saturated heterocycles. The molecule has 2 aromatic carbocycles. The van der Waals surface area contributed by atoms with Gasteiger partial charge in [-0.15, -0.1) is 0 Å². The van der Waals surface area contributed by atoms with E-state index in [1.807, 2.05) is 30.3 Å². The minimum absolute atomic E-state index is 0.0815. The number of urea groups is 1. The maximum atomic E-state index is 12.4. The second-order valence-electron chi connectivity index (χ2n) is 7.84. The lowest BCUT2D eigenvalue weighted by molar-refractivity contribution is 0.0280. The first-order chi connectivity index (χ1) is 13.3. The van der Waals surface area contributed by atoms with E-state index in [-0.39, 0.29) is 12.1 Å². The summed E-state index contributed by atoms with van der Waals surface area (Å²) < 4.78 is 0. The van der Waals surface area contributed by atoms with Crippen molar-refractivity contribution in [1.82, 2.24) is 10.2 Å². The Bertz CT molecular complexity index is 720. The summed E-state index contributed by atoms with van der Waals surface area (Å²) in [7, 11) is 0. The Hall–Kier alpha value is -2.33. The second-order valence-corrected chi connectivity index (χ2v) is 7.84. The maximum absolute atomic E-state index is 12.4. The monoisotopic (exact) mass is 363 g/mol. The number of anilines is 1. The lowest BCUT2D eigenvalue weighted by Gasteiger charge is -2.49. The first-order valence-corrected chi connectivity index (χ1v) is 10.2. The Kier molecular flexibility index (Phi) is 5.73. The van der Waals surface area contributed by atoms with Crippen molar-refractivity contribution < 1.29 is 4.79 Å². The SMILES string of the molecule is O=C(Nc1ccccc1)NC1CC2CCCC(C1)N2CCc1ccccc1. The van der Waals surface area contributed by atoms with E-state index in [9.17, 15) is 4.79 Å². The van der Waals surface area contributed by atoms with Gasteiger partial charge in [-0.25, -0.2) is 4.79 Å². The van der Waals surface area contributed by atoms with Crippen LogP contribution in [0.3, 0.4) is 0 Å². The lowest BCUT2D eigenvalue weighted by Crippen LogP contribution is -2.57. The topological polar surface area (TPSA) is 44.4 Å². The summed E-state index contributed by atoms with van der Waals surface area (Å²) in [5.74, 6) is 0. The van der Waals surface area contributed by atoms with Crippen LogP contribution >= 0.6 is 0 Å². The molecule has 27 heavy (non-hydrogen) atoms. The standard InChI is InChI=1S/C23H29N3O/c27-23(24-19-10-5-2-6-11-19)25-20-16-21-12-7-13-22(17-20)26(21)15-14-18-8-3-1-4-9-18/h1-6,8-11,20-22H,7,12-17H2,(H2,24,25,27). The summed E-state index contributed by atoms with van der Waals surface area (Å²) in [4.78, 5) is 15.1. The van der Waals surface area contributed by atoms with Gasteiger partial charge in [-0.1, -0.05) is 55.0 Å². The molecule has 2 amide bonds.